The first-order valence-corrected chi connectivity index (χ1v) is 6.99. The summed E-state index contributed by atoms with van der Waals surface area (Å²) >= 11 is 4.95. The fraction of sp³-hybridized carbons (Fsp3) is 0.875. The summed E-state index contributed by atoms with van der Waals surface area (Å²) in [7, 11) is -0.141. The van der Waals surface area contributed by atoms with Crippen LogP contribution in [-0.4, -0.2) is 53.1 Å². The van der Waals surface area contributed by atoms with Crippen LogP contribution in [0.3, 0.4) is 0 Å². The molecule has 0 saturated heterocycles. The first-order valence-electron chi connectivity index (χ1n) is 4.93. The standard InChI is InChI=1S/C8H19N3O3S2/c1-9-16(12,13)7-5-11-8(15)10-4-3-6-14-2/h9H,3-7H2,1-2H3,(H2,10,11,15). The highest BCUT2D eigenvalue weighted by molar-refractivity contribution is 7.89. The van der Waals surface area contributed by atoms with Gasteiger partial charge in [-0.1, -0.05) is 0 Å². The molecule has 0 aliphatic carbocycles. The largest absolute Gasteiger partial charge is 0.385 e. The van der Waals surface area contributed by atoms with Crippen LogP contribution in [0.25, 0.3) is 0 Å². The Kier molecular flexibility index (Phi) is 8.44. The number of methoxy groups -OCH3 is 1. The van der Waals surface area contributed by atoms with Gasteiger partial charge in [-0.3, -0.25) is 0 Å². The van der Waals surface area contributed by atoms with E-state index in [2.05, 4.69) is 15.4 Å². The smallest absolute Gasteiger partial charge is 0.213 e. The Labute approximate surface area is 102 Å². The molecule has 3 N–H and O–H groups in total. The lowest BCUT2D eigenvalue weighted by molar-refractivity contribution is 0.195. The minimum Gasteiger partial charge on any atom is -0.385 e. The number of ether oxygens (including phenoxy) is 1. The maximum atomic E-state index is 11.0. The maximum absolute atomic E-state index is 11.0. The zero-order chi connectivity index (χ0) is 12.4. The van der Waals surface area contributed by atoms with E-state index in [0.717, 1.165) is 6.42 Å². The van der Waals surface area contributed by atoms with Crippen molar-refractivity contribution in [3.63, 3.8) is 0 Å². The van der Waals surface area contributed by atoms with Gasteiger partial charge in [-0.15, -0.1) is 0 Å². The monoisotopic (exact) mass is 269 g/mol. The van der Waals surface area contributed by atoms with Gasteiger partial charge in [0.05, 0.1) is 5.75 Å². The van der Waals surface area contributed by atoms with Crippen LogP contribution in [0.4, 0.5) is 0 Å². The molecule has 6 nitrogen and oxygen atoms in total. The molecule has 0 fully saturated rings. The summed E-state index contributed by atoms with van der Waals surface area (Å²) in [4.78, 5) is 0. The molecule has 0 radical (unpaired) electrons. The Hall–Kier alpha value is -0.440. The van der Waals surface area contributed by atoms with E-state index in [1.54, 1.807) is 7.11 Å². The van der Waals surface area contributed by atoms with Crippen LogP contribution in [0, 0.1) is 0 Å². The molecular weight excluding hydrogens is 250 g/mol. The van der Waals surface area contributed by atoms with Gasteiger partial charge in [0, 0.05) is 26.8 Å². The quantitative estimate of drug-likeness (QED) is 0.389. The first kappa shape index (κ1) is 15.6. The van der Waals surface area contributed by atoms with Crippen molar-refractivity contribution >= 4 is 27.4 Å². The highest BCUT2D eigenvalue weighted by Crippen LogP contribution is 1.81. The molecule has 0 heterocycles. The average molecular weight is 269 g/mol. The van der Waals surface area contributed by atoms with Gasteiger partial charge < -0.3 is 15.4 Å². The summed E-state index contributed by atoms with van der Waals surface area (Å²) in [6.45, 7) is 1.67. The molecule has 0 aromatic heterocycles. The third-order valence-electron chi connectivity index (χ3n) is 1.78. The molecule has 96 valence electrons. The van der Waals surface area contributed by atoms with Crippen LogP contribution < -0.4 is 15.4 Å². The molecule has 0 amide bonds. The lowest BCUT2D eigenvalue weighted by Gasteiger charge is -2.10. The van der Waals surface area contributed by atoms with Gasteiger partial charge in [-0.25, -0.2) is 13.1 Å². The van der Waals surface area contributed by atoms with Crippen molar-refractivity contribution in [2.24, 2.45) is 0 Å². The van der Waals surface area contributed by atoms with E-state index in [4.69, 9.17) is 17.0 Å². The Morgan fingerprint density at radius 3 is 2.50 bits per heavy atom. The molecule has 0 atom stereocenters. The number of hydrogen-bond donors (Lipinski definition) is 3. The SMILES string of the molecule is CNS(=O)(=O)CCNC(=S)NCCCOC. The molecule has 0 aromatic rings. The van der Waals surface area contributed by atoms with Crippen molar-refractivity contribution in [1.29, 1.82) is 0 Å². The van der Waals surface area contributed by atoms with E-state index in [-0.39, 0.29) is 5.75 Å². The molecule has 16 heavy (non-hydrogen) atoms. The number of thiocarbonyl (C=S) groups is 1. The second kappa shape index (κ2) is 8.68. The topological polar surface area (TPSA) is 79.5 Å². The number of nitrogens with one attached hydrogen (secondary N) is 3. The van der Waals surface area contributed by atoms with Crippen LogP contribution in [-0.2, 0) is 14.8 Å². The molecule has 0 aromatic carbocycles. The van der Waals surface area contributed by atoms with Gasteiger partial charge in [0.15, 0.2) is 5.11 Å². The lowest BCUT2D eigenvalue weighted by atomic mass is 10.4. The van der Waals surface area contributed by atoms with Gasteiger partial charge >= 0.3 is 0 Å². The van der Waals surface area contributed by atoms with Crippen molar-refractivity contribution in [3.8, 4) is 0 Å². The van der Waals surface area contributed by atoms with Gasteiger partial charge in [0.25, 0.3) is 0 Å². The van der Waals surface area contributed by atoms with E-state index < -0.39 is 10.0 Å². The minimum atomic E-state index is -3.16. The molecular formula is C8H19N3O3S2. The first-order chi connectivity index (χ1) is 7.52. The molecule has 0 unspecified atom stereocenters. The lowest BCUT2D eigenvalue weighted by Crippen LogP contribution is -2.39. The Bertz CT molecular complexity index is 293. The van der Waals surface area contributed by atoms with Crippen molar-refractivity contribution in [1.82, 2.24) is 15.4 Å². The summed E-state index contributed by atoms with van der Waals surface area (Å²) < 4.78 is 29.2. The van der Waals surface area contributed by atoms with Crippen LogP contribution in [0.2, 0.25) is 0 Å². The van der Waals surface area contributed by atoms with E-state index in [1.807, 2.05) is 0 Å². The summed E-state index contributed by atoms with van der Waals surface area (Å²) in [5.74, 6) is 0.00336. The normalized spacial score (nSPS) is 11.1. The summed E-state index contributed by atoms with van der Waals surface area (Å²) in [5, 5.41) is 6.22. The number of rotatable bonds is 8. The molecule has 0 spiro atoms. The van der Waals surface area contributed by atoms with Crippen LogP contribution in [0.1, 0.15) is 6.42 Å². The summed E-state index contributed by atoms with van der Waals surface area (Å²) in [6, 6.07) is 0. The average Bonchev–Trinajstić information content (AvgIpc) is 2.24. The Morgan fingerprint density at radius 2 is 1.94 bits per heavy atom. The zero-order valence-electron chi connectivity index (χ0n) is 9.58. The van der Waals surface area contributed by atoms with Gasteiger partial charge in [-0.2, -0.15) is 0 Å². The van der Waals surface area contributed by atoms with Crippen molar-refractivity contribution in [3.05, 3.63) is 0 Å². The van der Waals surface area contributed by atoms with Crippen molar-refractivity contribution in [2.75, 3.05) is 39.6 Å². The van der Waals surface area contributed by atoms with E-state index in [9.17, 15) is 8.42 Å². The van der Waals surface area contributed by atoms with E-state index in [0.29, 0.717) is 24.8 Å². The molecule has 8 heteroatoms. The predicted molar refractivity (Wildman–Crippen MR) is 67.9 cm³/mol. The number of hydrogen-bond acceptors (Lipinski definition) is 4. The molecule has 0 saturated carbocycles. The minimum absolute atomic E-state index is 0.00336. The van der Waals surface area contributed by atoms with Gasteiger partial charge in [0.1, 0.15) is 0 Å². The highest BCUT2D eigenvalue weighted by Gasteiger charge is 2.05. The van der Waals surface area contributed by atoms with Gasteiger partial charge in [-0.05, 0) is 25.7 Å². The third-order valence-corrected chi connectivity index (χ3v) is 3.43. The van der Waals surface area contributed by atoms with E-state index in [1.165, 1.54) is 7.05 Å². The summed E-state index contributed by atoms with van der Waals surface area (Å²) in [5.41, 5.74) is 0. The fourth-order valence-corrected chi connectivity index (χ4v) is 1.66. The number of sulfonamides is 1. The maximum Gasteiger partial charge on any atom is 0.213 e. The predicted octanol–water partition coefficient (Wildman–Crippen LogP) is -0.964. The second-order valence-electron chi connectivity index (χ2n) is 3.05. The molecule has 0 aliphatic rings. The molecule has 0 bridgehead atoms. The van der Waals surface area contributed by atoms with Crippen molar-refractivity contribution in [2.45, 2.75) is 6.42 Å². The third kappa shape index (κ3) is 8.84. The zero-order valence-corrected chi connectivity index (χ0v) is 11.2. The summed E-state index contributed by atoms with van der Waals surface area (Å²) in [6.07, 6.45) is 0.854. The molecule has 0 aliphatic heterocycles. The van der Waals surface area contributed by atoms with E-state index >= 15 is 0 Å². The fourth-order valence-electron chi connectivity index (χ4n) is 0.882. The highest BCUT2D eigenvalue weighted by atomic mass is 32.2. The van der Waals surface area contributed by atoms with Crippen molar-refractivity contribution < 1.29 is 13.2 Å². The second-order valence-corrected chi connectivity index (χ2v) is 5.51. The Balaban J connectivity index is 3.51. The molecule has 0 rings (SSSR count). The van der Waals surface area contributed by atoms with Crippen LogP contribution >= 0.6 is 12.2 Å². The van der Waals surface area contributed by atoms with Crippen LogP contribution in [0.5, 0.6) is 0 Å². The van der Waals surface area contributed by atoms with Crippen LogP contribution in [0.15, 0.2) is 0 Å². The van der Waals surface area contributed by atoms with Gasteiger partial charge in [0.2, 0.25) is 10.0 Å². The Morgan fingerprint density at radius 1 is 1.31 bits per heavy atom.